The Balaban J connectivity index is 1.53. The van der Waals surface area contributed by atoms with Crippen LogP contribution >= 0.6 is 11.6 Å². The largest absolute Gasteiger partial charge is 0.348 e. The van der Waals surface area contributed by atoms with Gasteiger partial charge in [0.1, 0.15) is 6.42 Å². The molecule has 3 aromatic rings. The lowest BCUT2D eigenvalue weighted by Crippen LogP contribution is -2.43. The first-order valence-corrected chi connectivity index (χ1v) is 9.95. The van der Waals surface area contributed by atoms with E-state index in [4.69, 9.17) is 11.6 Å². The molecule has 1 aliphatic heterocycles. The number of amides is 2. The van der Waals surface area contributed by atoms with Crippen molar-refractivity contribution in [3.05, 3.63) is 88.7 Å². The third kappa shape index (κ3) is 4.20. The molecule has 29 heavy (non-hydrogen) atoms. The number of carbonyl (C=O) groups is 2. The van der Waals surface area contributed by atoms with Crippen molar-refractivity contribution in [1.82, 2.24) is 9.47 Å². The van der Waals surface area contributed by atoms with Gasteiger partial charge in [0.15, 0.2) is 0 Å². The molecule has 4 rings (SSSR count). The lowest BCUT2D eigenvalue weighted by Gasteiger charge is -2.37. The molecular formula is C23H22ClN3O2. The smallest absolute Gasteiger partial charge is 0.233 e. The van der Waals surface area contributed by atoms with E-state index in [1.165, 1.54) is 0 Å². The van der Waals surface area contributed by atoms with Gasteiger partial charge in [0.05, 0.1) is 6.04 Å². The van der Waals surface area contributed by atoms with Crippen molar-refractivity contribution >= 4 is 29.1 Å². The average Bonchev–Trinajstić information content (AvgIpc) is 3.18. The van der Waals surface area contributed by atoms with Crippen molar-refractivity contribution < 1.29 is 9.59 Å². The SMILES string of the molecule is Cc1ccc(NC(=O)CC(=O)N2CCn3cccc3C2c2ccc(Cl)cc2)cc1. The van der Waals surface area contributed by atoms with E-state index in [-0.39, 0.29) is 24.3 Å². The second-order valence-corrected chi connectivity index (χ2v) is 7.70. The van der Waals surface area contributed by atoms with Gasteiger partial charge in [-0.15, -0.1) is 0 Å². The monoisotopic (exact) mass is 407 g/mol. The molecule has 1 atom stereocenters. The quantitative estimate of drug-likeness (QED) is 0.651. The number of hydrogen-bond acceptors (Lipinski definition) is 2. The third-order valence-corrected chi connectivity index (χ3v) is 5.44. The number of fused-ring (bicyclic) bond motifs is 1. The predicted molar refractivity (Wildman–Crippen MR) is 114 cm³/mol. The Kier molecular flexibility index (Phi) is 5.41. The molecule has 1 aromatic heterocycles. The Hall–Kier alpha value is -3.05. The Labute approximate surface area is 174 Å². The number of benzene rings is 2. The van der Waals surface area contributed by atoms with Crippen LogP contribution in [0.25, 0.3) is 0 Å². The van der Waals surface area contributed by atoms with E-state index in [1.807, 2.05) is 73.8 Å². The van der Waals surface area contributed by atoms with Crippen LogP contribution in [0.3, 0.4) is 0 Å². The van der Waals surface area contributed by atoms with E-state index in [1.54, 1.807) is 4.90 Å². The normalized spacial score (nSPS) is 15.7. The van der Waals surface area contributed by atoms with Gasteiger partial charge >= 0.3 is 0 Å². The molecule has 0 bridgehead atoms. The molecule has 1 N–H and O–H groups in total. The average molecular weight is 408 g/mol. The van der Waals surface area contributed by atoms with Gasteiger partial charge in [0, 0.05) is 35.7 Å². The molecule has 0 aliphatic carbocycles. The maximum absolute atomic E-state index is 13.1. The van der Waals surface area contributed by atoms with Gasteiger partial charge in [0.2, 0.25) is 11.8 Å². The summed E-state index contributed by atoms with van der Waals surface area (Å²) in [6.45, 7) is 3.24. The van der Waals surface area contributed by atoms with Crippen LogP contribution in [0.4, 0.5) is 5.69 Å². The number of carbonyl (C=O) groups excluding carboxylic acids is 2. The molecule has 5 nitrogen and oxygen atoms in total. The summed E-state index contributed by atoms with van der Waals surface area (Å²) in [6, 6.07) is 18.8. The zero-order valence-electron chi connectivity index (χ0n) is 16.1. The summed E-state index contributed by atoms with van der Waals surface area (Å²) in [4.78, 5) is 27.3. The van der Waals surface area contributed by atoms with Crippen molar-refractivity contribution in [2.45, 2.75) is 25.9 Å². The number of aromatic nitrogens is 1. The summed E-state index contributed by atoms with van der Waals surface area (Å²) >= 11 is 6.05. The number of rotatable bonds is 4. The van der Waals surface area contributed by atoms with Gasteiger partial charge in [-0.1, -0.05) is 41.4 Å². The second-order valence-electron chi connectivity index (χ2n) is 7.26. The maximum Gasteiger partial charge on any atom is 0.233 e. The minimum Gasteiger partial charge on any atom is -0.348 e. The molecule has 0 spiro atoms. The van der Waals surface area contributed by atoms with Gasteiger partial charge < -0.3 is 14.8 Å². The summed E-state index contributed by atoms with van der Waals surface area (Å²) in [5.74, 6) is -0.503. The first kappa shape index (κ1) is 19.3. The molecule has 1 aliphatic rings. The molecular weight excluding hydrogens is 386 g/mol. The van der Waals surface area contributed by atoms with E-state index in [2.05, 4.69) is 9.88 Å². The van der Waals surface area contributed by atoms with Gasteiger partial charge in [0.25, 0.3) is 0 Å². The van der Waals surface area contributed by atoms with E-state index < -0.39 is 0 Å². The predicted octanol–water partition coefficient (Wildman–Crippen LogP) is 4.41. The number of nitrogens with one attached hydrogen (secondary N) is 1. The Morgan fingerprint density at radius 2 is 1.76 bits per heavy atom. The Bertz CT molecular complexity index is 1030. The zero-order chi connectivity index (χ0) is 20.4. The third-order valence-electron chi connectivity index (χ3n) is 5.19. The maximum atomic E-state index is 13.1. The molecule has 2 heterocycles. The molecule has 2 amide bonds. The van der Waals surface area contributed by atoms with Gasteiger partial charge in [-0.05, 0) is 48.9 Å². The molecule has 0 radical (unpaired) electrons. The van der Waals surface area contributed by atoms with Crippen LogP contribution in [0.5, 0.6) is 0 Å². The fourth-order valence-electron chi connectivity index (χ4n) is 3.73. The lowest BCUT2D eigenvalue weighted by atomic mass is 9.99. The van der Waals surface area contributed by atoms with E-state index >= 15 is 0 Å². The molecule has 148 valence electrons. The van der Waals surface area contributed by atoms with Crippen LogP contribution in [0.1, 0.15) is 29.3 Å². The number of hydrogen-bond donors (Lipinski definition) is 1. The highest BCUT2D eigenvalue weighted by Gasteiger charge is 2.32. The van der Waals surface area contributed by atoms with E-state index in [9.17, 15) is 9.59 Å². The van der Waals surface area contributed by atoms with Crippen LogP contribution < -0.4 is 5.32 Å². The van der Waals surface area contributed by atoms with Crippen LogP contribution in [0, 0.1) is 6.92 Å². The van der Waals surface area contributed by atoms with Crippen LogP contribution in [-0.2, 0) is 16.1 Å². The van der Waals surface area contributed by atoms with Gasteiger partial charge in [-0.3, -0.25) is 9.59 Å². The Morgan fingerprint density at radius 3 is 2.48 bits per heavy atom. The van der Waals surface area contributed by atoms with Crippen molar-refractivity contribution in [1.29, 1.82) is 0 Å². The summed E-state index contributed by atoms with van der Waals surface area (Å²) in [5.41, 5.74) is 3.81. The summed E-state index contributed by atoms with van der Waals surface area (Å²) < 4.78 is 2.15. The molecule has 0 saturated heterocycles. The van der Waals surface area contributed by atoms with Crippen LogP contribution in [-0.4, -0.2) is 27.8 Å². The minimum absolute atomic E-state index is 0.193. The number of nitrogens with zero attached hydrogens (tertiary/aromatic N) is 2. The van der Waals surface area contributed by atoms with Crippen molar-refractivity contribution in [3.8, 4) is 0 Å². The molecule has 0 fully saturated rings. The van der Waals surface area contributed by atoms with Gasteiger partial charge in [-0.2, -0.15) is 0 Å². The lowest BCUT2D eigenvalue weighted by molar-refractivity contribution is -0.136. The first-order chi connectivity index (χ1) is 14.0. The number of anilines is 1. The highest BCUT2D eigenvalue weighted by molar-refractivity contribution is 6.30. The highest BCUT2D eigenvalue weighted by atomic mass is 35.5. The summed E-state index contributed by atoms with van der Waals surface area (Å²) in [5, 5.41) is 3.45. The topological polar surface area (TPSA) is 54.3 Å². The molecule has 2 aromatic carbocycles. The zero-order valence-corrected chi connectivity index (χ0v) is 16.9. The number of halogens is 1. The standard InChI is InChI=1S/C23H22ClN3O2/c1-16-4-10-19(11-5-16)25-21(28)15-22(29)27-14-13-26-12-2-3-20(26)23(27)17-6-8-18(24)9-7-17/h2-12,23H,13-15H2,1H3,(H,25,28). The van der Waals surface area contributed by atoms with Crippen molar-refractivity contribution in [2.24, 2.45) is 0 Å². The van der Waals surface area contributed by atoms with E-state index in [0.29, 0.717) is 23.8 Å². The van der Waals surface area contributed by atoms with Crippen LogP contribution in [0.2, 0.25) is 5.02 Å². The Morgan fingerprint density at radius 1 is 1.03 bits per heavy atom. The molecule has 6 heteroatoms. The van der Waals surface area contributed by atoms with Crippen molar-refractivity contribution in [2.75, 3.05) is 11.9 Å². The first-order valence-electron chi connectivity index (χ1n) is 9.58. The second kappa shape index (κ2) is 8.13. The fourth-order valence-corrected chi connectivity index (χ4v) is 3.85. The summed E-state index contributed by atoms with van der Waals surface area (Å²) in [6.07, 6.45) is 1.82. The summed E-state index contributed by atoms with van der Waals surface area (Å²) in [7, 11) is 0. The number of aryl methyl sites for hydroxylation is 1. The minimum atomic E-state index is -0.310. The highest BCUT2D eigenvalue weighted by Crippen LogP contribution is 2.33. The van der Waals surface area contributed by atoms with Crippen molar-refractivity contribution in [3.63, 3.8) is 0 Å². The molecule has 0 saturated carbocycles. The fraction of sp³-hybridized carbons (Fsp3) is 0.217. The molecule has 1 unspecified atom stereocenters. The van der Waals surface area contributed by atoms with E-state index in [0.717, 1.165) is 16.8 Å². The van der Waals surface area contributed by atoms with Crippen LogP contribution in [0.15, 0.2) is 66.9 Å². The van der Waals surface area contributed by atoms with Gasteiger partial charge in [-0.25, -0.2) is 0 Å².